The van der Waals surface area contributed by atoms with Crippen molar-refractivity contribution in [1.29, 1.82) is 0 Å². The van der Waals surface area contributed by atoms with Crippen molar-refractivity contribution >= 4 is 15.9 Å². The number of carbonyl (C=O) groups excluding carboxylic acids is 1. The van der Waals surface area contributed by atoms with Gasteiger partial charge in [-0.15, -0.1) is 0 Å². The number of amides is 1. The molecule has 0 aliphatic carbocycles. The molecule has 0 bridgehead atoms. The third-order valence-electron chi connectivity index (χ3n) is 4.97. The van der Waals surface area contributed by atoms with Crippen molar-refractivity contribution in [2.75, 3.05) is 6.54 Å². The van der Waals surface area contributed by atoms with Gasteiger partial charge in [-0.1, -0.05) is 57.2 Å². The maximum atomic E-state index is 12.5. The topological polar surface area (TPSA) is 106 Å². The lowest BCUT2D eigenvalue weighted by molar-refractivity contribution is -0.121. The Bertz CT molecular complexity index is 1140. The van der Waals surface area contributed by atoms with Crippen molar-refractivity contribution in [2.45, 2.75) is 50.6 Å². The van der Waals surface area contributed by atoms with Gasteiger partial charge in [0.1, 0.15) is 12.7 Å². The van der Waals surface area contributed by atoms with Crippen LogP contribution >= 0.6 is 0 Å². The molecule has 0 atom stereocenters. The van der Waals surface area contributed by atoms with E-state index in [2.05, 4.69) is 40.9 Å². The van der Waals surface area contributed by atoms with Crippen LogP contribution in [0.1, 0.15) is 43.9 Å². The molecule has 32 heavy (non-hydrogen) atoms. The smallest absolute Gasteiger partial charge is 0.240 e. The lowest BCUT2D eigenvalue weighted by Gasteiger charge is -2.19. The summed E-state index contributed by atoms with van der Waals surface area (Å²) in [5.74, 6) is -0.225. The molecule has 0 saturated heterocycles. The highest BCUT2D eigenvalue weighted by Crippen LogP contribution is 2.23. The van der Waals surface area contributed by atoms with E-state index in [0.29, 0.717) is 13.1 Å². The van der Waals surface area contributed by atoms with E-state index in [9.17, 15) is 13.2 Å². The Morgan fingerprint density at radius 1 is 1.06 bits per heavy atom. The minimum absolute atomic E-state index is 0.0293. The average molecular weight is 456 g/mol. The summed E-state index contributed by atoms with van der Waals surface area (Å²) in [6.45, 7) is 7.20. The third kappa shape index (κ3) is 6.73. The van der Waals surface area contributed by atoms with E-state index < -0.39 is 10.0 Å². The molecule has 0 unspecified atom stereocenters. The number of aromatic nitrogens is 3. The van der Waals surface area contributed by atoms with Crippen LogP contribution in [0.2, 0.25) is 0 Å². The van der Waals surface area contributed by atoms with Gasteiger partial charge in [0.25, 0.3) is 0 Å². The molecule has 1 heterocycles. The fraction of sp³-hybridized carbons (Fsp3) is 0.348. The van der Waals surface area contributed by atoms with E-state index in [1.54, 1.807) is 23.1 Å². The van der Waals surface area contributed by atoms with E-state index in [0.717, 1.165) is 16.7 Å². The largest absolute Gasteiger partial charge is 0.352 e. The van der Waals surface area contributed by atoms with E-state index in [4.69, 9.17) is 0 Å². The van der Waals surface area contributed by atoms with Gasteiger partial charge in [0, 0.05) is 19.5 Å². The zero-order valence-electron chi connectivity index (χ0n) is 18.6. The molecule has 0 fully saturated rings. The number of nitrogens with one attached hydrogen (secondary N) is 2. The first-order valence-electron chi connectivity index (χ1n) is 10.4. The second-order valence-corrected chi connectivity index (χ2v) is 10.4. The fourth-order valence-electron chi connectivity index (χ4n) is 3.14. The minimum Gasteiger partial charge on any atom is -0.352 e. The summed E-state index contributed by atoms with van der Waals surface area (Å²) in [7, 11) is -3.66. The Hall–Kier alpha value is -3.04. The van der Waals surface area contributed by atoms with Crippen LogP contribution in [0.4, 0.5) is 0 Å². The summed E-state index contributed by atoms with van der Waals surface area (Å²) in [4.78, 5) is 16.3. The molecule has 9 heteroatoms. The van der Waals surface area contributed by atoms with Crippen molar-refractivity contribution in [3.8, 4) is 0 Å². The van der Waals surface area contributed by atoms with Crippen LogP contribution in [0.5, 0.6) is 0 Å². The molecule has 2 aromatic carbocycles. The van der Waals surface area contributed by atoms with Gasteiger partial charge in [-0.05, 0) is 34.2 Å². The summed E-state index contributed by atoms with van der Waals surface area (Å²) in [5.41, 5.74) is 3.01. The van der Waals surface area contributed by atoms with E-state index in [-0.39, 0.29) is 29.2 Å². The van der Waals surface area contributed by atoms with Gasteiger partial charge in [0.05, 0.1) is 11.4 Å². The summed E-state index contributed by atoms with van der Waals surface area (Å²) in [6.07, 6.45) is 3.19. The highest BCUT2D eigenvalue weighted by atomic mass is 32.2. The van der Waals surface area contributed by atoms with Crippen LogP contribution in [-0.4, -0.2) is 35.6 Å². The molecule has 3 aromatic rings. The summed E-state index contributed by atoms with van der Waals surface area (Å²) in [5, 5.41) is 6.91. The number of hydrogen-bond donors (Lipinski definition) is 2. The Balaban J connectivity index is 1.46. The predicted molar refractivity (Wildman–Crippen MR) is 122 cm³/mol. The highest BCUT2D eigenvalue weighted by molar-refractivity contribution is 7.89. The van der Waals surface area contributed by atoms with Crippen molar-refractivity contribution in [1.82, 2.24) is 24.8 Å². The van der Waals surface area contributed by atoms with Crippen molar-refractivity contribution in [2.24, 2.45) is 0 Å². The average Bonchev–Trinajstić information content (AvgIpc) is 3.25. The van der Waals surface area contributed by atoms with Crippen LogP contribution in [0.15, 0.2) is 66.1 Å². The number of sulfonamides is 1. The molecule has 0 radical (unpaired) electrons. The molecule has 0 saturated carbocycles. The van der Waals surface area contributed by atoms with Crippen molar-refractivity contribution < 1.29 is 13.2 Å². The van der Waals surface area contributed by atoms with Gasteiger partial charge >= 0.3 is 0 Å². The Labute approximate surface area is 189 Å². The van der Waals surface area contributed by atoms with Gasteiger partial charge in [-0.3, -0.25) is 4.79 Å². The quantitative estimate of drug-likeness (QED) is 0.516. The first-order chi connectivity index (χ1) is 15.1. The van der Waals surface area contributed by atoms with Gasteiger partial charge in [-0.25, -0.2) is 22.8 Å². The number of nitrogens with zero attached hydrogens (tertiary/aromatic N) is 3. The summed E-state index contributed by atoms with van der Waals surface area (Å²) >= 11 is 0. The zero-order valence-corrected chi connectivity index (χ0v) is 19.4. The number of hydrogen-bond acceptors (Lipinski definition) is 5. The predicted octanol–water partition coefficient (Wildman–Crippen LogP) is 2.61. The van der Waals surface area contributed by atoms with Crippen molar-refractivity contribution in [3.05, 3.63) is 77.9 Å². The SMILES string of the molecule is CC(C)(C)c1ccc(S(=O)(=O)NCCC(=O)NCc2cccc(Cn3cncn3)c2)cc1. The van der Waals surface area contributed by atoms with Crippen LogP contribution in [-0.2, 0) is 33.3 Å². The van der Waals surface area contributed by atoms with Crippen LogP contribution < -0.4 is 10.0 Å². The normalized spacial score (nSPS) is 12.0. The van der Waals surface area contributed by atoms with E-state index in [1.165, 1.54) is 6.33 Å². The van der Waals surface area contributed by atoms with Gasteiger partial charge < -0.3 is 5.32 Å². The van der Waals surface area contributed by atoms with Crippen LogP contribution in [0.3, 0.4) is 0 Å². The van der Waals surface area contributed by atoms with Crippen LogP contribution in [0, 0.1) is 0 Å². The molecule has 1 amide bonds. The zero-order chi connectivity index (χ0) is 23.2. The second-order valence-electron chi connectivity index (χ2n) is 8.61. The molecule has 2 N–H and O–H groups in total. The van der Waals surface area contributed by atoms with E-state index >= 15 is 0 Å². The number of rotatable bonds is 9. The number of benzene rings is 2. The van der Waals surface area contributed by atoms with Crippen LogP contribution in [0.25, 0.3) is 0 Å². The first kappa shape index (κ1) is 23.6. The summed E-state index contributed by atoms with van der Waals surface area (Å²) < 4.78 is 29.2. The molecule has 1 aromatic heterocycles. The molecule has 0 spiro atoms. The molecule has 8 nitrogen and oxygen atoms in total. The maximum Gasteiger partial charge on any atom is 0.240 e. The Morgan fingerprint density at radius 3 is 2.44 bits per heavy atom. The number of carbonyl (C=O) groups is 1. The lowest BCUT2D eigenvalue weighted by Crippen LogP contribution is -2.30. The Kier molecular flexibility index (Phi) is 7.42. The molecule has 3 rings (SSSR count). The monoisotopic (exact) mass is 455 g/mol. The molecule has 170 valence electrons. The lowest BCUT2D eigenvalue weighted by atomic mass is 9.87. The Morgan fingerprint density at radius 2 is 1.78 bits per heavy atom. The van der Waals surface area contributed by atoms with Gasteiger partial charge in [0.15, 0.2) is 0 Å². The summed E-state index contributed by atoms with van der Waals surface area (Å²) in [6, 6.07) is 14.6. The molecule has 0 aliphatic heterocycles. The minimum atomic E-state index is -3.66. The fourth-order valence-corrected chi connectivity index (χ4v) is 4.18. The third-order valence-corrected chi connectivity index (χ3v) is 6.44. The molecule has 0 aliphatic rings. The van der Waals surface area contributed by atoms with Gasteiger partial charge in [-0.2, -0.15) is 5.10 Å². The highest BCUT2D eigenvalue weighted by Gasteiger charge is 2.17. The molecular weight excluding hydrogens is 426 g/mol. The maximum absolute atomic E-state index is 12.5. The standard InChI is InChI=1S/C23H29N5O3S/c1-23(2,3)20-7-9-21(10-8-20)32(30,31)27-12-11-22(29)25-14-18-5-4-6-19(13-18)15-28-17-24-16-26-28/h4-10,13,16-17,27H,11-12,14-15H2,1-3H3,(H,25,29). The van der Waals surface area contributed by atoms with Crippen molar-refractivity contribution in [3.63, 3.8) is 0 Å². The second kappa shape index (κ2) is 10.1. The van der Waals surface area contributed by atoms with Gasteiger partial charge in [0.2, 0.25) is 15.9 Å². The first-order valence-corrected chi connectivity index (χ1v) is 11.9. The van der Waals surface area contributed by atoms with E-state index in [1.807, 2.05) is 36.4 Å². The molecular formula is C23H29N5O3S.